The minimum absolute atomic E-state index is 0.449. The molecule has 1 atom stereocenters. The van der Waals surface area contributed by atoms with E-state index in [2.05, 4.69) is 6.92 Å². The number of halogens is 2. The van der Waals surface area contributed by atoms with E-state index in [0.29, 0.717) is 10.0 Å². The van der Waals surface area contributed by atoms with Crippen LogP contribution in [0.1, 0.15) is 30.5 Å². The number of hydrogen-bond donors (Lipinski definition) is 1. The molecule has 0 saturated carbocycles. The van der Waals surface area contributed by atoms with Crippen LogP contribution >= 0.6 is 23.2 Å². The second-order valence-electron chi connectivity index (χ2n) is 4.75. The SMILES string of the molecule is CCc1ccc(C(C)(O)c2ccc(Cl)c(Cl)c2)cc1. The van der Waals surface area contributed by atoms with Gasteiger partial charge >= 0.3 is 0 Å². The third-order valence-electron chi connectivity index (χ3n) is 3.41. The summed E-state index contributed by atoms with van der Waals surface area (Å²) in [5.41, 5.74) is 1.73. The van der Waals surface area contributed by atoms with Gasteiger partial charge < -0.3 is 5.11 Å². The van der Waals surface area contributed by atoms with Crippen molar-refractivity contribution in [2.24, 2.45) is 0 Å². The molecule has 0 amide bonds. The molecule has 1 unspecified atom stereocenters. The molecule has 0 radical (unpaired) electrons. The molecule has 3 heteroatoms. The lowest BCUT2D eigenvalue weighted by molar-refractivity contribution is 0.102. The first kappa shape index (κ1) is 14.4. The predicted molar refractivity (Wildman–Crippen MR) is 81.0 cm³/mol. The topological polar surface area (TPSA) is 20.2 Å². The van der Waals surface area contributed by atoms with Crippen molar-refractivity contribution in [2.75, 3.05) is 0 Å². The van der Waals surface area contributed by atoms with Crippen molar-refractivity contribution in [2.45, 2.75) is 25.9 Å². The summed E-state index contributed by atoms with van der Waals surface area (Å²) in [7, 11) is 0. The van der Waals surface area contributed by atoms with Gasteiger partial charge in [-0.1, -0.05) is 60.5 Å². The smallest absolute Gasteiger partial charge is 0.112 e. The van der Waals surface area contributed by atoms with Crippen LogP contribution in [-0.4, -0.2) is 5.11 Å². The average Bonchev–Trinajstić information content (AvgIpc) is 2.41. The molecule has 0 aliphatic rings. The molecule has 1 nitrogen and oxygen atoms in total. The Morgan fingerprint density at radius 1 is 0.947 bits per heavy atom. The third-order valence-corrected chi connectivity index (χ3v) is 4.15. The van der Waals surface area contributed by atoms with E-state index < -0.39 is 5.60 Å². The van der Waals surface area contributed by atoms with Gasteiger partial charge in [0.2, 0.25) is 0 Å². The maximum Gasteiger partial charge on any atom is 0.112 e. The van der Waals surface area contributed by atoms with Gasteiger partial charge in [0.05, 0.1) is 10.0 Å². The molecule has 2 rings (SSSR count). The summed E-state index contributed by atoms with van der Waals surface area (Å²) in [6, 6.07) is 13.2. The average molecular weight is 295 g/mol. The molecule has 0 aliphatic heterocycles. The molecule has 0 saturated heterocycles. The van der Waals surface area contributed by atoms with Crippen LogP contribution < -0.4 is 0 Å². The van der Waals surface area contributed by atoms with E-state index in [1.807, 2.05) is 24.3 Å². The molecule has 2 aromatic rings. The number of hydrogen-bond acceptors (Lipinski definition) is 1. The summed E-state index contributed by atoms with van der Waals surface area (Å²) < 4.78 is 0. The highest BCUT2D eigenvalue weighted by atomic mass is 35.5. The van der Waals surface area contributed by atoms with Crippen molar-refractivity contribution < 1.29 is 5.11 Å². The minimum Gasteiger partial charge on any atom is -0.381 e. The molecule has 0 heterocycles. The Labute approximate surface area is 123 Å². The van der Waals surface area contributed by atoms with Gasteiger partial charge in [0.1, 0.15) is 5.60 Å². The Morgan fingerprint density at radius 3 is 2.05 bits per heavy atom. The molecule has 0 spiro atoms. The van der Waals surface area contributed by atoms with Crippen LogP contribution in [0.3, 0.4) is 0 Å². The van der Waals surface area contributed by atoms with E-state index in [9.17, 15) is 5.11 Å². The normalized spacial score (nSPS) is 14.2. The van der Waals surface area contributed by atoms with Crippen molar-refractivity contribution in [1.82, 2.24) is 0 Å². The van der Waals surface area contributed by atoms with E-state index >= 15 is 0 Å². The zero-order valence-corrected chi connectivity index (χ0v) is 12.5. The summed E-state index contributed by atoms with van der Waals surface area (Å²) in [4.78, 5) is 0. The van der Waals surface area contributed by atoms with E-state index in [1.54, 1.807) is 25.1 Å². The fourth-order valence-corrected chi connectivity index (χ4v) is 2.33. The van der Waals surface area contributed by atoms with E-state index in [4.69, 9.17) is 23.2 Å². The van der Waals surface area contributed by atoms with Gasteiger partial charge in [-0.15, -0.1) is 0 Å². The zero-order chi connectivity index (χ0) is 14.0. The van der Waals surface area contributed by atoms with Crippen LogP contribution in [0.4, 0.5) is 0 Å². The quantitative estimate of drug-likeness (QED) is 0.861. The highest BCUT2D eigenvalue weighted by Crippen LogP contribution is 2.33. The molecule has 0 bridgehead atoms. The second kappa shape index (κ2) is 5.54. The first-order valence-corrected chi connectivity index (χ1v) is 6.98. The van der Waals surface area contributed by atoms with Crippen molar-refractivity contribution in [3.05, 3.63) is 69.2 Å². The fourth-order valence-electron chi connectivity index (χ4n) is 2.03. The van der Waals surface area contributed by atoms with Crippen LogP contribution in [0, 0.1) is 0 Å². The molecule has 0 aliphatic carbocycles. The maximum absolute atomic E-state index is 10.7. The third kappa shape index (κ3) is 2.94. The molecule has 0 aromatic heterocycles. The number of benzene rings is 2. The second-order valence-corrected chi connectivity index (χ2v) is 5.57. The maximum atomic E-state index is 10.7. The van der Waals surface area contributed by atoms with Crippen molar-refractivity contribution in [3.8, 4) is 0 Å². The highest BCUT2D eigenvalue weighted by Gasteiger charge is 2.26. The Balaban J connectivity index is 2.41. The number of rotatable bonds is 3. The lowest BCUT2D eigenvalue weighted by Crippen LogP contribution is -2.22. The lowest BCUT2D eigenvalue weighted by Gasteiger charge is -2.25. The van der Waals surface area contributed by atoms with Crippen LogP contribution in [0.15, 0.2) is 42.5 Å². The van der Waals surface area contributed by atoms with E-state index in [1.165, 1.54) is 5.56 Å². The fraction of sp³-hybridized carbons (Fsp3) is 0.250. The molecule has 100 valence electrons. The predicted octanol–water partition coefficient (Wildman–Crippen LogP) is 4.81. The molecule has 0 fully saturated rings. The first-order chi connectivity index (χ1) is 8.95. The lowest BCUT2D eigenvalue weighted by atomic mass is 9.88. The summed E-state index contributed by atoms with van der Waals surface area (Å²) in [5, 5.41) is 11.7. The van der Waals surface area contributed by atoms with Crippen LogP contribution in [-0.2, 0) is 12.0 Å². The molecule has 2 aromatic carbocycles. The summed E-state index contributed by atoms with van der Waals surface area (Å²) in [5.74, 6) is 0. The number of aliphatic hydroxyl groups is 1. The molecule has 1 N–H and O–H groups in total. The van der Waals surface area contributed by atoms with Gasteiger partial charge in [-0.25, -0.2) is 0 Å². The summed E-state index contributed by atoms with van der Waals surface area (Å²) in [6.45, 7) is 3.86. The zero-order valence-electron chi connectivity index (χ0n) is 11.0. The number of aryl methyl sites for hydroxylation is 1. The van der Waals surface area contributed by atoms with Gasteiger partial charge in [-0.05, 0) is 42.2 Å². The Hall–Kier alpha value is -1.02. The molecular weight excluding hydrogens is 279 g/mol. The summed E-state index contributed by atoms with van der Waals surface area (Å²) in [6.07, 6.45) is 0.981. The Morgan fingerprint density at radius 2 is 1.53 bits per heavy atom. The van der Waals surface area contributed by atoms with Crippen LogP contribution in [0.25, 0.3) is 0 Å². The standard InChI is InChI=1S/C16H16Cl2O/c1-3-11-4-6-12(7-5-11)16(2,19)13-8-9-14(17)15(18)10-13/h4-10,19H,3H2,1-2H3. The van der Waals surface area contributed by atoms with Crippen molar-refractivity contribution >= 4 is 23.2 Å². The van der Waals surface area contributed by atoms with Crippen molar-refractivity contribution in [3.63, 3.8) is 0 Å². The largest absolute Gasteiger partial charge is 0.381 e. The van der Waals surface area contributed by atoms with E-state index in [0.717, 1.165) is 17.5 Å². The van der Waals surface area contributed by atoms with Crippen LogP contribution in [0.2, 0.25) is 10.0 Å². The van der Waals surface area contributed by atoms with E-state index in [-0.39, 0.29) is 0 Å². The Bertz CT molecular complexity index is 574. The van der Waals surface area contributed by atoms with Gasteiger partial charge in [0.15, 0.2) is 0 Å². The van der Waals surface area contributed by atoms with Crippen LogP contribution in [0.5, 0.6) is 0 Å². The Kier molecular flexibility index (Phi) is 4.19. The highest BCUT2D eigenvalue weighted by molar-refractivity contribution is 6.42. The monoisotopic (exact) mass is 294 g/mol. The minimum atomic E-state index is -1.08. The molecular formula is C16H16Cl2O. The van der Waals surface area contributed by atoms with Gasteiger partial charge in [0.25, 0.3) is 0 Å². The van der Waals surface area contributed by atoms with Gasteiger partial charge in [-0.3, -0.25) is 0 Å². The first-order valence-electron chi connectivity index (χ1n) is 6.22. The summed E-state index contributed by atoms with van der Waals surface area (Å²) >= 11 is 11.9. The van der Waals surface area contributed by atoms with Crippen molar-refractivity contribution in [1.29, 1.82) is 0 Å². The molecule has 19 heavy (non-hydrogen) atoms. The van der Waals surface area contributed by atoms with Gasteiger partial charge in [-0.2, -0.15) is 0 Å². The van der Waals surface area contributed by atoms with Gasteiger partial charge in [0, 0.05) is 0 Å².